The molecule has 2 heterocycles. The molecule has 1 unspecified atom stereocenters. The molecule has 2 aromatic carbocycles. The number of rotatable bonds is 6. The first-order chi connectivity index (χ1) is 15.4. The molecule has 1 N–H and O–H groups in total. The summed E-state index contributed by atoms with van der Waals surface area (Å²) in [5.74, 6) is -0.406. The molecule has 0 aromatic heterocycles. The average molecular weight is 458 g/mol. The summed E-state index contributed by atoms with van der Waals surface area (Å²) in [7, 11) is -2.13. The van der Waals surface area contributed by atoms with E-state index in [1.165, 1.54) is 10.4 Å². The molecule has 1 atom stereocenters. The van der Waals surface area contributed by atoms with Gasteiger partial charge in [-0.2, -0.15) is 4.31 Å². The van der Waals surface area contributed by atoms with Crippen molar-refractivity contribution in [2.45, 2.75) is 30.6 Å². The highest BCUT2D eigenvalue weighted by Gasteiger charge is 2.36. The highest BCUT2D eigenvalue weighted by Crippen LogP contribution is 2.30. The minimum atomic E-state index is -3.70. The SMILES string of the molecule is COc1ccc(N2CC(C(=O)Nc3ccccc3S(=O)(=O)N3CCCCC3)CC2=O)cc1. The number of ether oxygens (including phenoxy) is 1. The number of anilines is 2. The number of hydrogen-bond acceptors (Lipinski definition) is 5. The van der Waals surface area contributed by atoms with Crippen LogP contribution in [0.2, 0.25) is 0 Å². The van der Waals surface area contributed by atoms with E-state index in [1.54, 1.807) is 54.5 Å². The Balaban J connectivity index is 1.49. The molecule has 4 rings (SSSR count). The van der Waals surface area contributed by atoms with Gasteiger partial charge in [0.25, 0.3) is 0 Å². The largest absolute Gasteiger partial charge is 0.497 e. The summed E-state index contributed by atoms with van der Waals surface area (Å²) in [5, 5.41) is 2.76. The third-order valence-electron chi connectivity index (χ3n) is 5.96. The first kappa shape index (κ1) is 22.3. The van der Waals surface area contributed by atoms with Crippen molar-refractivity contribution in [3.8, 4) is 5.75 Å². The molecule has 0 aliphatic carbocycles. The van der Waals surface area contributed by atoms with Crippen molar-refractivity contribution in [3.63, 3.8) is 0 Å². The van der Waals surface area contributed by atoms with E-state index in [-0.39, 0.29) is 35.4 Å². The van der Waals surface area contributed by atoms with Crippen LogP contribution in [0.15, 0.2) is 53.4 Å². The van der Waals surface area contributed by atoms with Crippen LogP contribution in [0.5, 0.6) is 5.75 Å². The van der Waals surface area contributed by atoms with Gasteiger partial charge < -0.3 is 15.0 Å². The highest BCUT2D eigenvalue weighted by molar-refractivity contribution is 7.89. The van der Waals surface area contributed by atoms with Crippen LogP contribution in [0.1, 0.15) is 25.7 Å². The number of sulfonamides is 1. The van der Waals surface area contributed by atoms with Crippen molar-refractivity contribution in [2.24, 2.45) is 5.92 Å². The zero-order chi connectivity index (χ0) is 22.7. The fourth-order valence-electron chi connectivity index (χ4n) is 4.17. The van der Waals surface area contributed by atoms with Gasteiger partial charge in [-0.3, -0.25) is 9.59 Å². The Labute approximate surface area is 188 Å². The molecule has 2 fully saturated rings. The molecular formula is C23H27N3O5S. The van der Waals surface area contributed by atoms with Gasteiger partial charge >= 0.3 is 0 Å². The van der Waals surface area contributed by atoms with E-state index in [9.17, 15) is 18.0 Å². The predicted molar refractivity (Wildman–Crippen MR) is 121 cm³/mol. The molecule has 2 aliphatic rings. The molecule has 2 aliphatic heterocycles. The summed E-state index contributed by atoms with van der Waals surface area (Å²) < 4.78 is 32.9. The monoisotopic (exact) mass is 457 g/mol. The number of carbonyl (C=O) groups is 2. The standard InChI is InChI=1S/C23H27N3O5S/c1-31-19-11-9-18(10-12-19)26-16-17(15-22(26)27)23(28)24-20-7-3-4-8-21(20)32(29,30)25-13-5-2-6-14-25/h3-4,7-12,17H,2,5-6,13-16H2,1H3,(H,24,28). The first-order valence-corrected chi connectivity index (χ1v) is 12.2. The molecule has 32 heavy (non-hydrogen) atoms. The van der Waals surface area contributed by atoms with Crippen molar-refractivity contribution in [1.82, 2.24) is 4.31 Å². The summed E-state index contributed by atoms with van der Waals surface area (Å²) in [4.78, 5) is 27.2. The second-order valence-electron chi connectivity index (χ2n) is 8.05. The molecule has 8 nitrogen and oxygen atoms in total. The van der Waals surface area contributed by atoms with Crippen LogP contribution in [0.3, 0.4) is 0 Å². The third-order valence-corrected chi connectivity index (χ3v) is 7.91. The molecule has 2 aromatic rings. The van der Waals surface area contributed by atoms with Gasteiger partial charge in [-0.25, -0.2) is 8.42 Å². The zero-order valence-electron chi connectivity index (χ0n) is 18.0. The lowest BCUT2D eigenvalue weighted by Crippen LogP contribution is -2.36. The second-order valence-corrected chi connectivity index (χ2v) is 9.96. The van der Waals surface area contributed by atoms with Crippen molar-refractivity contribution < 1.29 is 22.7 Å². The minimum Gasteiger partial charge on any atom is -0.497 e. The van der Waals surface area contributed by atoms with E-state index in [2.05, 4.69) is 5.32 Å². The number of nitrogens with zero attached hydrogens (tertiary/aromatic N) is 2. The molecular weight excluding hydrogens is 430 g/mol. The van der Waals surface area contributed by atoms with E-state index >= 15 is 0 Å². The van der Waals surface area contributed by atoms with Gasteiger partial charge in [0, 0.05) is 31.7 Å². The molecule has 0 radical (unpaired) electrons. The fraction of sp³-hybridized carbons (Fsp3) is 0.391. The number of hydrogen-bond donors (Lipinski definition) is 1. The zero-order valence-corrected chi connectivity index (χ0v) is 18.8. The third kappa shape index (κ3) is 4.49. The lowest BCUT2D eigenvalue weighted by Gasteiger charge is -2.27. The Kier molecular flexibility index (Phi) is 6.48. The van der Waals surface area contributed by atoms with E-state index in [0.717, 1.165) is 19.3 Å². The normalized spacial score (nSPS) is 19.7. The van der Waals surface area contributed by atoms with Gasteiger partial charge in [-0.05, 0) is 49.2 Å². The smallest absolute Gasteiger partial charge is 0.245 e. The molecule has 9 heteroatoms. The maximum atomic E-state index is 13.2. The Morgan fingerprint density at radius 1 is 1.03 bits per heavy atom. The molecule has 0 saturated carbocycles. The lowest BCUT2D eigenvalue weighted by molar-refractivity contribution is -0.122. The van der Waals surface area contributed by atoms with Gasteiger partial charge in [-0.15, -0.1) is 0 Å². The maximum absolute atomic E-state index is 13.2. The minimum absolute atomic E-state index is 0.0684. The lowest BCUT2D eigenvalue weighted by atomic mass is 10.1. The molecule has 0 spiro atoms. The van der Waals surface area contributed by atoms with Crippen molar-refractivity contribution >= 4 is 33.2 Å². The number of nitrogens with one attached hydrogen (secondary N) is 1. The first-order valence-electron chi connectivity index (χ1n) is 10.7. The number of amides is 2. The van der Waals surface area contributed by atoms with Crippen LogP contribution < -0.4 is 15.0 Å². The van der Waals surface area contributed by atoms with E-state index in [0.29, 0.717) is 24.5 Å². The van der Waals surface area contributed by atoms with E-state index in [4.69, 9.17) is 4.74 Å². The number of para-hydroxylation sites is 1. The Morgan fingerprint density at radius 3 is 2.41 bits per heavy atom. The molecule has 170 valence electrons. The van der Waals surface area contributed by atoms with Gasteiger partial charge in [0.15, 0.2) is 0 Å². The highest BCUT2D eigenvalue weighted by atomic mass is 32.2. The number of carbonyl (C=O) groups excluding carboxylic acids is 2. The van der Waals surface area contributed by atoms with Gasteiger partial charge in [0.1, 0.15) is 10.6 Å². The van der Waals surface area contributed by atoms with Crippen LogP contribution in [-0.2, 0) is 19.6 Å². The Hall–Kier alpha value is -2.91. The van der Waals surface area contributed by atoms with E-state index in [1.807, 2.05) is 0 Å². The summed E-state index contributed by atoms with van der Waals surface area (Å²) in [6, 6.07) is 13.5. The van der Waals surface area contributed by atoms with Crippen molar-refractivity contribution in [2.75, 3.05) is 37.0 Å². The number of piperidine rings is 1. The second kappa shape index (κ2) is 9.30. The van der Waals surface area contributed by atoms with Crippen LogP contribution in [0.25, 0.3) is 0 Å². The van der Waals surface area contributed by atoms with Crippen LogP contribution in [0, 0.1) is 5.92 Å². The Morgan fingerprint density at radius 2 is 1.72 bits per heavy atom. The molecule has 2 amide bonds. The van der Waals surface area contributed by atoms with Gasteiger partial charge in [0.05, 0.1) is 18.7 Å². The Bertz CT molecular complexity index is 1090. The summed E-state index contributed by atoms with van der Waals surface area (Å²) in [6.07, 6.45) is 2.75. The van der Waals surface area contributed by atoms with Crippen LogP contribution in [0.4, 0.5) is 11.4 Å². The average Bonchev–Trinajstić information content (AvgIpc) is 3.21. The van der Waals surface area contributed by atoms with Crippen molar-refractivity contribution in [1.29, 1.82) is 0 Å². The fourth-order valence-corrected chi connectivity index (χ4v) is 5.83. The van der Waals surface area contributed by atoms with E-state index < -0.39 is 15.9 Å². The molecule has 2 saturated heterocycles. The number of methoxy groups -OCH3 is 1. The maximum Gasteiger partial charge on any atom is 0.245 e. The summed E-state index contributed by atoms with van der Waals surface area (Å²) in [6.45, 7) is 1.20. The van der Waals surface area contributed by atoms with Crippen molar-refractivity contribution in [3.05, 3.63) is 48.5 Å². The van der Waals surface area contributed by atoms with Gasteiger partial charge in [0.2, 0.25) is 21.8 Å². The topological polar surface area (TPSA) is 96.0 Å². The van der Waals surface area contributed by atoms with Crippen LogP contribution >= 0.6 is 0 Å². The predicted octanol–water partition coefficient (Wildman–Crippen LogP) is 2.86. The van der Waals surface area contributed by atoms with Crippen LogP contribution in [-0.4, -0.2) is 51.3 Å². The quantitative estimate of drug-likeness (QED) is 0.720. The summed E-state index contributed by atoms with van der Waals surface area (Å²) >= 11 is 0. The van der Waals surface area contributed by atoms with Gasteiger partial charge in [-0.1, -0.05) is 18.6 Å². The number of benzene rings is 2. The molecule has 0 bridgehead atoms. The summed E-state index contributed by atoms with van der Waals surface area (Å²) in [5.41, 5.74) is 0.942.